The van der Waals surface area contributed by atoms with Crippen molar-refractivity contribution in [3.05, 3.63) is 70.9 Å². The molecule has 1 saturated heterocycles. The normalized spacial score (nSPS) is 16.8. The van der Waals surface area contributed by atoms with Crippen molar-refractivity contribution < 1.29 is 13.2 Å². The predicted molar refractivity (Wildman–Crippen MR) is 132 cm³/mol. The lowest BCUT2D eigenvalue weighted by molar-refractivity contribution is 0.369. The quantitative estimate of drug-likeness (QED) is 0.533. The fourth-order valence-electron chi connectivity index (χ4n) is 4.59. The van der Waals surface area contributed by atoms with Gasteiger partial charge in [0.1, 0.15) is 5.75 Å². The van der Waals surface area contributed by atoms with Gasteiger partial charge in [-0.1, -0.05) is 24.3 Å². The van der Waals surface area contributed by atoms with E-state index in [1.54, 1.807) is 18.2 Å². The smallest absolute Gasteiger partial charge is 0.243 e. The van der Waals surface area contributed by atoms with Gasteiger partial charge in [0.05, 0.1) is 16.2 Å². The second kappa shape index (κ2) is 9.35. The number of hydrogen-bond donors (Lipinski definition) is 0. The van der Waals surface area contributed by atoms with Gasteiger partial charge in [0, 0.05) is 32.6 Å². The molecule has 1 fully saturated rings. The van der Waals surface area contributed by atoms with Crippen molar-refractivity contribution in [2.45, 2.75) is 51.0 Å². The Hall–Kier alpha value is -2.97. The van der Waals surface area contributed by atoms with Gasteiger partial charge in [0.2, 0.25) is 21.9 Å². The molecule has 3 heterocycles. The van der Waals surface area contributed by atoms with Gasteiger partial charge >= 0.3 is 0 Å². The fraction of sp³-hybridized carbons (Fsp3) is 0.385. The first-order chi connectivity index (χ1) is 16.4. The van der Waals surface area contributed by atoms with Crippen LogP contribution in [0.25, 0.3) is 0 Å². The van der Waals surface area contributed by atoms with E-state index in [-0.39, 0.29) is 6.54 Å². The highest BCUT2D eigenvalue weighted by Crippen LogP contribution is 2.34. The van der Waals surface area contributed by atoms with Crippen molar-refractivity contribution in [3.63, 3.8) is 0 Å². The van der Waals surface area contributed by atoms with E-state index in [2.05, 4.69) is 4.90 Å². The fourth-order valence-corrected chi connectivity index (χ4v) is 6.10. The Morgan fingerprint density at radius 2 is 1.62 bits per heavy atom. The maximum atomic E-state index is 13.4. The molecule has 0 radical (unpaired) electrons. The first-order valence-electron chi connectivity index (χ1n) is 11.9. The maximum absolute atomic E-state index is 13.4. The lowest BCUT2D eigenvalue weighted by atomic mass is 10.1. The van der Waals surface area contributed by atoms with Gasteiger partial charge in [0.25, 0.3) is 0 Å². The van der Waals surface area contributed by atoms with Crippen LogP contribution < -0.4 is 9.64 Å². The summed E-state index contributed by atoms with van der Waals surface area (Å²) in [4.78, 5) is 12.2. The number of ether oxygens (including phenoxy) is 1. The van der Waals surface area contributed by atoms with Gasteiger partial charge in [-0.05, 0) is 68.5 Å². The molecule has 34 heavy (non-hydrogen) atoms. The van der Waals surface area contributed by atoms with Crippen molar-refractivity contribution in [1.29, 1.82) is 0 Å². The van der Waals surface area contributed by atoms with Gasteiger partial charge in [-0.2, -0.15) is 9.29 Å². The van der Waals surface area contributed by atoms with E-state index in [1.807, 2.05) is 44.2 Å². The van der Waals surface area contributed by atoms with E-state index in [4.69, 9.17) is 14.7 Å². The summed E-state index contributed by atoms with van der Waals surface area (Å²) < 4.78 is 34.6. The Morgan fingerprint density at radius 1 is 0.882 bits per heavy atom. The molecule has 5 rings (SSSR count). The number of aromatic nitrogens is 2. The average Bonchev–Trinajstić information content (AvgIpc) is 2.84. The van der Waals surface area contributed by atoms with Crippen LogP contribution in [0.1, 0.15) is 41.6 Å². The van der Waals surface area contributed by atoms with Crippen molar-refractivity contribution >= 4 is 16.0 Å². The van der Waals surface area contributed by atoms with Crippen molar-refractivity contribution in [2.75, 3.05) is 24.5 Å². The summed E-state index contributed by atoms with van der Waals surface area (Å²) in [6.45, 7) is 6.33. The number of sulfonamides is 1. The molecule has 0 aliphatic carbocycles. The Labute approximate surface area is 201 Å². The molecule has 0 spiro atoms. The first-order valence-corrected chi connectivity index (χ1v) is 13.3. The summed E-state index contributed by atoms with van der Waals surface area (Å²) in [7, 11) is -3.64. The molecule has 8 heteroatoms. The van der Waals surface area contributed by atoms with Crippen LogP contribution in [0.3, 0.4) is 0 Å². The van der Waals surface area contributed by atoms with E-state index in [1.165, 1.54) is 10.7 Å². The number of hydrogen-bond acceptors (Lipinski definition) is 6. The van der Waals surface area contributed by atoms with Gasteiger partial charge in [0.15, 0.2) is 0 Å². The minimum atomic E-state index is -3.64. The monoisotopic (exact) mass is 478 g/mol. The van der Waals surface area contributed by atoms with Crippen LogP contribution in [-0.4, -0.2) is 42.3 Å². The molecule has 0 unspecified atom stereocenters. The van der Waals surface area contributed by atoms with E-state index < -0.39 is 10.0 Å². The molecular weight excluding hydrogens is 448 g/mol. The van der Waals surface area contributed by atoms with E-state index in [0.717, 1.165) is 48.3 Å². The van der Waals surface area contributed by atoms with E-state index >= 15 is 0 Å². The van der Waals surface area contributed by atoms with Crippen molar-refractivity contribution in [1.82, 2.24) is 14.3 Å². The van der Waals surface area contributed by atoms with Crippen molar-refractivity contribution in [3.8, 4) is 11.6 Å². The summed E-state index contributed by atoms with van der Waals surface area (Å²) in [5.41, 5.74) is 3.61. The molecule has 178 valence electrons. The molecule has 1 aromatic heterocycles. The van der Waals surface area contributed by atoms with Gasteiger partial charge in [-0.15, -0.1) is 0 Å². The molecule has 0 atom stereocenters. The number of benzene rings is 2. The summed E-state index contributed by atoms with van der Waals surface area (Å²) in [5.74, 6) is 1.81. The third-order valence-corrected chi connectivity index (χ3v) is 8.29. The Morgan fingerprint density at radius 3 is 2.35 bits per heavy atom. The minimum Gasteiger partial charge on any atom is -0.438 e. The zero-order valence-electron chi connectivity index (χ0n) is 19.7. The standard InChI is InChI=1S/C26H30N4O3S/c1-19-8-6-10-21(16-19)33-25-23-18-30(34(31,32)22-11-7-9-20(2)17-22)15-12-24(23)27-26(28-25)29-13-4-3-5-14-29/h6-11,16-17H,3-5,12-15,18H2,1-2H3. The van der Waals surface area contributed by atoms with E-state index in [9.17, 15) is 8.42 Å². The molecule has 7 nitrogen and oxygen atoms in total. The highest BCUT2D eigenvalue weighted by Gasteiger charge is 2.32. The number of aryl methyl sites for hydroxylation is 2. The molecule has 2 aliphatic rings. The molecule has 2 aliphatic heterocycles. The minimum absolute atomic E-state index is 0.188. The van der Waals surface area contributed by atoms with Crippen LogP contribution in [0.2, 0.25) is 0 Å². The third-order valence-electron chi connectivity index (χ3n) is 6.45. The molecule has 3 aromatic rings. The Balaban J connectivity index is 1.52. The van der Waals surface area contributed by atoms with Crippen LogP contribution in [0.5, 0.6) is 11.6 Å². The second-order valence-electron chi connectivity index (χ2n) is 9.13. The largest absolute Gasteiger partial charge is 0.438 e. The summed E-state index contributed by atoms with van der Waals surface area (Å²) in [6.07, 6.45) is 3.99. The van der Waals surface area contributed by atoms with E-state index in [0.29, 0.717) is 35.4 Å². The van der Waals surface area contributed by atoms with Gasteiger partial charge in [-0.25, -0.2) is 13.4 Å². The van der Waals surface area contributed by atoms with Crippen LogP contribution in [-0.2, 0) is 23.0 Å². The van der Waals surface area contributed by atoms with Crippen LogP contribution in [0.4, 0.5) is 5.95 Å². The first kappa shape index (κ1) is 22.8. The molecule has 0 saturated carbocycles. The second-order valence-corrected chi connectivity index (χ2v) is 11.1. The number of piperidine rings is 1. The molecule has 0 bridgehead atoms. The third kappa shape index (κ3) is 4.65. The Bertz CT molecular complexity index is 1300. The highest BCUT2D eigenvalue weighted by molar-refractivity contribution is 7.89. The molecule has 2 aromatic carbocycles. The summed E-state index contributed by atoms with van der Waals surface area (Å²) in [6, 6.07) is 14.8. The number of nitrogens with zero attached hydrogens (tertiary/aromatic N) is 4. The SMILES string of the molecule is Cc1cccc(Oc2nc(N3CCCCC3)nc3c2CN(S(=O)(=O)c2cccc(C)c2)CC3)c1. The topological polar surface area (TPSA) is 75.6 Å². The van der Waals surface area contributed by atoms with Gasteiger partial charge in [-0.3, -0.25) is 0 Å². The molecular formula is C26H30N4O3S. The summed E-state index contributed by atoms with van der Waals surface area (Å²) in [5, 5.41) is 0. The molecule has 0 N–H and O–H groups in total. The number of fused-ring (bicyclic) bond motifs is 1. The van der Waals surface area contributed by atoms with Crippen LogP contribution in [0.15, 0.2) is 53.4 Å². The molecule has 0 amide bonds. The zero-order chi connectivity index (χ0) is 23.7. The lowest BCUT2D eigenvalue weighted by Gasteiger charge is -2.31. The van der Waals surface area contributed by atoms with Crippen LogP contribution >= 0.6 is 0 Å². The predicted octanol–water partition coefficient (Wildman–Crippen LogP) is 4.62. The zero-order valence-corrected chi connectivity index (χ0v) is 20.5. The lowest BCUT2D eigenvalue weighted by Crippen LogP contribution is -2.37. The van der Waals surface area contributed by atoms with Crippen molar-refractivity contribution in [2.24, 2.45) is 0 Å². The van der Waals surface area contributed by atoms with Crippen LogP contribution in [0, 0.1) is 13.8 Å². The number of rotatable bonds is 5. The summed E-state index contributed by atoms with van der Waals surface area (Å²) >= 11 is 0. The average molecular weight is 479 g/mol. The highest BCUT2D eigenvalue weighted by atomic mass is 32.2. The number of anilines is 1. The maximum Gasteiger partial charge on any atom is 0.243 e. The van der Waals surface area contributed by atoms with Gasteiger partial charge < -0.3 is 9.64 Å². The Kier molecular flexibility index (Phi) is 6.27.